The third-order valence-corrected chi connectivity index (χ3v) is 7.91. The largest absolute Gasteiger partial charge is 0.490 e. The highest BCUT2D eigenvalue weighted by molar-refractivity contribution is 5.77. The number of aliphatic hydroxyl groups is 2. The van der Waals surface area contributed by atoms with Gasteiger partial charge < -0.3 is 29.5 Å². The number of methoxy groups -OCH3 is 1. The standard InChI is InChI=1S/C30H43N3O5/c1-23-5-8-26(9-6-23)32-13-11-29(35,12-14-32)19-31-15-16-33(28(34)18-37-4)21-30(36,20-31)22-38-27-10-7-24(2)25(3)17-27/h5-10,17,35-36H,11-16,18-22H2,1-4H3/t30-/m0/s1. The van der Waals surface area contributed by atoms with Crippen LogP contribution in [0.3, 0.4) is 0 Å². The summed E-state index contributed by atoms with van der Waals surface area (Å²) in [5.41, 5.74) is 2.55. The van der Waals surface area contributed by atoms with E-state index in [4.69, 9.17) is 9.47 Å². The molecule has 8 nitrogen and oxygen atoms in total. The second kappa shape index (κ2) is 12.0. The molecular formula is C30H43N3O5. The zero-order chi connectivity index (χ0) is 27.3. The molecular weight excluding hydrogens is 482 g/mol. The van der Waals surface area contributed by atoms with Crippen LogP contribution in [0.25, 0.3) is 0 Å². The molecule has 2 aromatic carbocycles. The molecule has 2 N–H and O–H groups in total. The normalized spacial score (nSPS) is 22.3. The second-order valence-electron chi connectivity index (χ2n) is 11.3. The molecule has 1 amide bonds. The van der Waals surface area contributed by atoms with Crippen LogP contribution in [0.4, 0.5) is 5.69 Å². The van der Waals surface area contributed by atoms with Gasteiger partial charge in [0, 0.05) is 52.1 Å². The second-order valence-corrected chi connectivity index (χ2v) is 11.3. The zero-order valence-corrected chi connectivity index (χ0v) is 23.3. The summed E-state index contributed by atoms with van der Waals surface area (Å²) < 4.78 is 11.1. The lowest BCUT2D eigenvalue weighted by atomic mass is 9.90. The third-order valence-electron chi connectivity index (χ3n) is 7.91. The summed E-state index contributed by atoms with van der Waals surface area (Å²) in [4.78, 5) is 18.8. The van der Waals surface area contributed by atoms with Gasteiger partial charge in [-0.25, -0.2) is 0 Å². The lowest BCUT2D eigenvalue weighted by Crippen LogP contribution is -2.56. The molecule has 2 heterocycles. The van der Waals surface area contributed by atoms with E-state index in [0.29, 0.717) is 44.8 Å². The van der Waals surface area contributed by atoms with Crippen LogP contribution in [0.2, 0.25) is 0 Å². The predicted molar refractivity (Wildman–Crippen MR) is 149 cm³/mol. The van der Waals surface area contributed by atoms with Crippen LogP contribution >= 0.6 is 0 Å². The molecule has 0 saturated carbocycles. The maximum absolute atomic E-state index is 12.7. The topological polar surface area (TPSA) is 85.7 Å². The average Bonchev–Trinajstić information content (AvgIpc) is 3.04. The van der Waals surface area contributed by atoms with E-state index >= 15 is 0 Å². The SMILES string of the molecule is COCC(=O)N1CCN(CC2(O)CCN(c3ccc(C)cc3)CC2)C[C@@](O)(COc2ccc(C)c(C)c2)C1. The van der Waals surface area contributed by atoms with E-state index in [9.17, 15) is 15.0 Å². The third kappa shape index (κ3) is 7.26. The maximum atomic E-state index is 12.7. The molecule has 38 heavy (non-hydrogen) atoms. The molecule has 1 atom stereocenters. The van der Waals surface area contributed by atoms with Crippen LogP contribution < -0.4 is 9.64 Å². The minimum absolute atomic E-state index is 0.0348. The van der Waals surface area contributed by atoms with E-state index in [-0.39, 0.29) is 25.7 Å². The first kappa shape index (κ1) is 28.4. The molecule has 2 aliphatic heterocycles. The summed E-state index contributed by atoms with van der Waals surface area (Å²) in [7, 11) is 1.50. The minimum Gasteiger partial charge on any atom is -0.490 e. The van der Waals surface area contributed by atoms with Gasteiger partial charge in [0.2, 0.25) is 5.91 Å². The highest BCUT2D eigenvalue weighted by Gasteiger charge is 2.41. The molecule has 2 aromatic rings. The molecule has 2 saturated heterocycles. The van der Waals surface area contributed by atoms with Crippen LogP contribution in [0.15, 0.2) is 42.5 Å². The Bertz CT molecular complexity index is 1080. The summed E-state index contributed by atoms with van der Waals surface area (Å²) in [6.07, 6.45) is 1.28. The number of hydrogen-bond donors (Lipinski definition) is 2. The fraction of sp³-hybridized carbons (Fsp3) is 0.567. The fourth-order valence-corrected chi connectivity index (χ4v) is 5.43. The number of amides is 1. The van der Waals surface area contributed by atoms with Gasteiger partial charge in [-0.1, -0.05) is 23.8 Å². The van der Waals surface area contributed by atoms with E-state index in [1.54, 1.807) is 4.90 Å². The van der Waals surface area contributed by atoms with Gasteiger partial charge >= 0.3 is 0 Å². The summed E-state index contributed by atoms with van der Waals surface area (Å²) in [6, 6.07) is 14.4. The van der Waals surface area contributed by atoms with Gasteiger partial charge in [-0.15, -0.1) is 0 Å². The molecule has 2 aliphatic rings. The number of rotatable bonds is 8. The predicted octanol–water partition coefficient (Wildman–Crippen LogP) is 2.54. The van der Waals surface area contributed by atoms with Gasteiger partial charge in [-0.05, 0) is 69.0 Å². The van der Waals surface area contributed by atoms with Crippen LogP contribution in [0.1, 0.15) is 29.5 Å². The van der Waals surface area contributed by atoms with Crippen molar-refractivity contribution in [3.05, 3.63) is 59.2 Å². The quantitative estimate of drug-likeness (QED) is 0.548. The zero-order valence-electron chi connectivity index (χ0n) is 23.3. The van der Waals surface area contributed by atoms with E-state index < -0.39 is 11.2 Å². The minimum atomic E-state index is -1.29. The van der Waals surface area contributed by atoms with Crippen LogP contribution in [-0.4, -0.2) is 103 Å². The first-order valence-electron chi connectivity index (χ1n) is 13.5. The number of β-amino-alcohol motifs (C(OH)–C–C–N with tert-alkyl or cyclic N) is 2. The summed E-state index contributed by atoms with van der Waals surface area (Å²) in [5, 5.41) is 23.3. The molecule has 8 heteroatoms. The highest BCUT2D eigenvalue weighted by atomic mass is 16.5. The Morgan fingerprint density at radius 3 is 2.26 bits per heavy atom. The lowest BCUT2D eigenvalue weighted by molar-refractivity contribution is -0.138. The van der Waals surface area contributed by atoms with Crippen molar-refractivity contribution in [2.75, 3.05) is 71.0 Å². The molecule has 0 spiro atoms. The molecule has 208 valence electrons. The van der Waals surface area contributed by atoms with E-state index in [1.807, 2.05) is 32.0 Å². The Kier molecular flexibility index (Phi) is 8.98. The summed E-state index contributed by atoms with van der Waals surface area (Å²) in [5.74, 6) is 0.526. The highest BCUT2D eigenvalue weighted by Crippen LogP contribution is 2.29. The van der Waals surface area contributed by atoms with Gasteiger partial charge in [0.1, 0.15) is 24.6 Å². The number of hydrogen-bond acceptors (Lipinski definition) is 7. The monoisotopic (exact) mass is 525 g/mol. The number of piperidine rings is 1. The van der Waals surface area contributed by atoms with Crippen molar-refractivity contribution in [2.24, 2.45) is 0 Å². The van der Waals surface area contributed by atoms with Crippen molar-refractivity contribution >= 4 is 11.6 Å². The van der Waals surface area contributed by atoms with E-state index in [1.165, 1.54) is 23.9 Å². The molecule has 0 aromatic heterocycles. The Morgan fingerprint density at radius 2 is 1.61 bits per heavy atom. The first-order chi connectivity index (χ1) is 18.1. The maximum Gasteiger partial charge on any atom is 0.248 e. The molecule has 0 bridgehead atoms. The first-order valence-corrected chi connectivity index (χ1v) is 13.5. The molecule has 0 radical (unpaired) electrons. The van der Waals surface area contributed by atoms with Crippen molar-refractivity contribution in [1.82, 2.24) is 9.80 Å². The van der Waals surface area contributed by atoms with Crippen molar-refractivity contribution in [3.63, 3.8) is 0 Å². The molecule has 4 rings (SSSR count). The van der Waals surface area contributed by atoms with E-state index in [0.717, 1.165) is 18.7 Å². The Labute approximate surface area is 226 Å². The smallest absolute Gasteiger partial charge is 0.248 e. The Hall–Kier alpha value is -2.65. The molecule has 0 aliphatic carbocycles. The average molecular weight is 526 g/mol. The molecule has 2 fully saturated rings. The Morgan fingerprint density at radius 1 is 0.895 bits per heavy atom. The number of anilines is 1. The van der Waals surface area contributed by atoms with Gasteiger partial charge in [0.15, 0.2) is 0 Å². The Balaban J connectivity index is 1.43. The lowest BCUT2D eigenvalue weighted by Gasteiger charge is -2.42. The number of ether oxygens (including phenoxy) is 2. The molecule has 0 unspecified atom stereocenters. The number of nitrogens with zero attached hydrogens (tertiary/aromatic N) is 3. The van der Waals surface area contributed by atoms with Gasteiger partial charge in [0.05, 0.1) is 12.1 Å². The van der Waals surface area contributed by atoms with Crippen molar-refractivity contribution in [3.8, 4) is 5.75 Å². The number of carbonyl (C=O) groups is 1. The number of aryl methyl sites for hydroxylation is 3. The van der Waals surface area contributed by atoms with Crippen LogP contribution in [-0.2, 0) is 9.53 Å². The summed E-state index contributed by atoms with van der Waals surface area (Å²) >= 11 is 0. The van der Waals surface area contributed by atoms with Crippen molar-refractivity contribution in [1.29, 1.82) is 0 Å². The number of carbonyl (C=O) groups excluding carboxylic acids is 1. The van der Waals surface area contributed by atoms with Crippen LogP contribution in [0, 0.1) is 20.8 Å². The number of benzene rings is 2. The fourth-order valence-electron chi connectivity index (χ4n) is 5.43. The van der Waals surface area contributed by atoms with Crippen molar-refractivity contribution in [2.45, 2.75) is 44.8 Å². The van der Waals surface area contributed by atoms with E-state index in [2.05, 4.69) is 41.0 Å². The van der Waals surface area contributed by atoms with Gasteiger partial charge in [0.25, 0.3) is 0 Å². The van der Waals surface area contributed by atoms with Crippen molar-refractivity contribution < 1.29 is 24.5 Å². The van der Waals surface area contributed by atoms with Gasteiger partial charge in [-0.2, -0.15) is 0 Å². The van der Waals surface area contributed by atoms with Crippen LogP contribution in [0.5, 0.6) is 5.75 Å². The summed E-state index contributed by atoms with van der Waals surface area (Å²) in [6.45, 7) is 9.61. The van der Waals surface area contributed by atoms with Gasteiger partial charge in [-0.3, -0.25) is 9.69 Å².